The van der Waals surface area contributed by atoms with Crippen LogP contribution in [0.4, 0.5) is 5.82 Å². The van der Waals surface area contributed by atoms with Gasteiger partial charge in [0.1, 0.15) is 10.6 Å². The first-order valence-corrected chi connectivity index (χ1v) is 12.0. The van der Waals surface area contributed by atoms with E-state index in [0.717, 1.165) is 73.8 Å². The molecule has 0 radical (unpaired) electrons. The molecule has 2 aliphatic heterocycles. The van der Waals surface area contributed by atoms with Gasteiger partial charge in [0, 0.05) is 30.9 Å². The molecule has 1 fully saturated rings. The normalized spacial score (nSPS) is 19.7. The van der Waals surface area contributed by atoms with Crippen LogP contribution in [-0.4, -0.2) is 65.6 Å². The lowest BCUT2D eigenvalue weighted by Gasteiger charge is -2.30. The van der Waals surface area contributed by atoms with Gasteiger partial charge in [-0.1, -0.05) is 18.7 Å². The van der Waals surface area contributed by atoms with E-state index in [1.54, 1.807) is 23.1 Å². The predicted molar refractivity (Wildman–Crippen MR) is 117 cm³/mol. The summed E-state index contributed by atoms with van der Waals surface area (Å²) in [6, 6.07) is 0. The number of aromatic nitrogens is 2. The molecule has 0 aromatic carbocycles. The zero-order valence-electron chi connectivity index (χ0n) is 17.0. The van der Waals surface area contributed by atoms with Crippen molar-refractivity contribution in [3.8, 4) is 0 Å². The van der Waals surface area contributed by atoms with Crippen molar-refractivity contribution < 1.29 is 9.47 Å². The molecule has 0 atom stereocenters. The lowest BCUT2D eigenvalue weighted by Crippen LogP contribution is -2.37. The van der Waals surface area contributed by atoms with E-state index in [0.29, 0.717) is 6.61 Å². The van der Waals surface area contributed by atoms with Gasteiger partial charge in [-0.25, -0.2) is 9.97 Å². The van der Waals surface area contributed by atoms with E-state index in [2.05, 4.69) is 31.0 Å². The van der Waals surface area contributed by atoms with Gasteiger partial charge in [0.25, 0.3) is 0 Å². The number of rotatable bonds is 7. The molecular weight excluding hydrogens is 392 g/mol. The van der Waals surface area contributed by atoms with Crippen molar-refractivity contribution in [1.29, 1.82) is 0 Å². The van der Waals surface area contributed by atoms with E-state index in [4.69, 9.17) is 19.4 Å². The Balaban J connectivity index is 1.53. The van der Waals surface area contributed by atoms with Crippen molar-refractivity contribution in [2.45, 2.75) is 51.0 Å². The largest absolute Gasteiger partial charge is 0.379 e. The van der Waals surface area contributed by atoms with Gasteiger partial charge in [-0.15, -0.1) is 11.3 Å². The Morgan fingerprint density at radius 3 is 2.86 bits per heavy atom. The summed E-state index contributed by atoms with van der Waals surface area (Å²) in [4.78, 5) is 14.6. The minimum absolute atomic E-state index is 0.133. The molecule has 2 aromatic heterocycles. The van der Waals surface area contributed by atoms with Crippen molar-refractivity contribution in [1.82, 2.24) is 14.9 Å². The number of thiophene rings is 1. The van der Waals surface area contributed by atoms with E-state index < -0.39 is 0 Å². The molecule has 1 saturated heterocycles. The molecule has 4 heterocycles. The van der Waals surface area contributed by atoms with Crippen molar-refractivity contribution >= 4 is 39.1 Å². The van der Waals surface area contributed by atoms with Gasteiger partial charge in [0.2, 0.25) is 0 Å². The van der Waals surface area contributed by atoms with Crippen LogP contribution >= 0.6 is 23.1 Å². The summed E-state index contributed by atoms with van der Waals surface area (Å²) in [5, 5.41) is 5.71. The summed E-state index contributed by atoms with van der Waals surface area (Å²) in [6.07, 6.45) is 2.01. The Kier molecular flexibility index (Phi) is 6.42. The fourth-order valence-corrected chi connectivity index (χ4v) is 5.51. The van der Waals surface area contributed by atoms with Crippen LogP contribution in [0, 0.1) is 0 Å². The SMILES string of the molecule is CCSc1nc(NCCCN2CCOCC2)c2c3c(sc2n1)COC(C)(C)C3. The second kappa shape index (κ2) is 8.83. The van der Waals surface area contributed by atoms with E-state index in [1.165, 1.54) is 15.8 Å². The number of hydrogen-bond donors (Lipinski definition) is 1. The van der Waals surface area contributed by atoms with E-state index in [1.807, 2.05) is 0 Å². The summed E-state index contributed by atoms with van der Waals surface area (Å²) in [5.74, 6) is 1.97. The number of hydrogen-bond acceptors (Lipinski definition) is 8. The number of anilines is 1. The highest BCUT2D eigenvalue weighted by Crippen LogP contribution is 2.41. The second-order valence-electron chi connectivity index (χ2n) is 7.93. The van der Waals surface area contributed by atoms with Gasteiger partial charge in [-0.2, -0.15) is 0 Å². The Hall–Kier alpha value is -0.930. The van der Waals surface area contributed by atoms with E-state index >= 15 is 0 Å². The number of nitrogens with one attached hydrogen (secondary N) is 1. The first kappa shape index (κ1) is 20.3. The molecule has 8 heteroatoms. The van der Waals surface area contributed by atoms with Crippen molar-refractivity contribution in [2.75, 3.05) is 50.5 Å². The zero-order chi connectivity index (χ0) is 19.6. The van der Waals surface area contributed by atoms with Crippen LogP contribution in [0.5, 0.6) is 0 Å². The standard InChI is InChI=1S/C20H30N4O2S2/c1-4-27-19-22-17(21-6-5-7-24-8-10-25-11-9-24)16-14-12-20(2,3)26-13-15(14)28-18(16)23-19/h4-13H2,1-3H3,(H,21,22,23). The minimum Gasteiger partial charge on any atom is -0.379 e. The number of thioether (sulfide) groups is 1. The van der Waals surface area contributed by atoms with Gasteiger partial charge in [-0.3, -0.25) is 4.90 Å². The quantitative estimate of drug-likeness (QED) is 0.414. The first-order chi connectivity index (χ1) is 13.6. The third-order valence-corrected chi connectivity index (χ3v) is 7.06. The Morgan fingerprint density at radius 1 is 1.25 bits per heavy atom. The van der Waals surface area contributed by atoms with Crippen LogP contribution in [0.1, 0.15) is 37.6 Å². The van der Waals surface area contributed by atoms with Gasteiger partial charge in [0.15, 0.2) is 5.16 Å². The molecule has 2 aromatic rings. The average Bonchev–Trinajstić information content (AvgIpc) is 3.03. The fraction of sp³-hybridized carbons (Fsp3) is 0.700. The molecule has 1 N–H and O–H groups in total. The summed E-state index contributed by atoms with van der Waals surface area (Å²) in [5.41, 5.74) is 1.24. The van der Waals surface area contributed by atoms with Crippen molar-refractivity contribution in [2.24, 2.45) is 0 Å². The molecule has 28 heavy (non-hydrogen) atoms. The molecule has 0 bridgehead atoms. The summed E-state index contributed by atoms with van der Waals surface area (Å²) in [7, 11) is 0. The lowest BCUT2D eigenvalue weighted by molar-refractivity contribution is -0.0379. The van der Waals surface area contributed by atoms with Gasteiger partial charge >= 0.3 is 0 Å². The lowest BCUT2D eigenvalue weighted by atomic mass is 9.94. The molecule has 0 amide bonds. The Morgan fingerprint density at radius 2 is 2.07 bits per heavy atom. The highest BCUT2D eigenvalue weighted by atomic mass is 32.2. The molecule has 4 rings (SSSR count). The van der Waals surface area contributed by atoms with Gasteiger partial charge in [-0.05, 0) is 38.1 Å². The summed E-state index contributed by atoms with van der Waals surface area (Å²) in [6.45, 7) is 13.0. The van der Waals surface area contributed by atoms with Gasteiger partial charge < -0.3 is 14.8 Å². The third kappa shape index (κ3) is 4.62. The van der Waals surface area contributed by atoms with E-state index in [9.17, 15) is 0 Å². The molecular formula is C20H30N4O2S2. The van der Waals surface area contributed by atoms with Crippen LogP contribution in [0.3, 0.4) is 0 Å². The maximum atomic E-state index is 6.03. The fourth-order valence-electron chi connectivity index (χ4n) is 3.78. The van der Waals surface area contributed by atoms with Crippen LogP contribution in [0.25, 0.3) is 10.2 Å². The predicted octanol–water partition coefficient (Wildman–Crippen LogP) is 3.79. The highest BCUT2D eigenvalue weighted by molar-refractivity contribution is 7.99. The average molecular weight is 423 g/mol. The summed E-state index contributed by atoms with van der Waals surface area (Å²) < 4.78 is 11.5. The topological polar surface area (TPSA) is 59.5 Å². The van der Waals surface area contributed by atoms with E-state index in [-0.39, 0.29) is 5.60 Å². The minimum atomic E-state index is -0.133. The van der Waals surface area contributed by atoms with Crippen molar-refractivity contribution in [3.05, 3.63) is 10.4 Å². The monoisotopic (exact) mass is 422 g/mol. The van der Waals surface area contributed by atoms with Crippen LogP contribution < -0.4 is 5.32 Å². The third-order valence-electron chi connectivity index (χ3n) is 5.23. The second-order valence-corrected chi connectivity index (χ2v) is 10.2. The smallest absolute Gasteiger partial charge is 0.190 e. The van der Waals surface area contributed by atoms with Crippen LogP contribution in [0.2, 0.25) is 0 Å². The number of morpholine rings is 1. The Labute approximate surface area is 175 Å². The van der Waals surface area contributed by atoms with Crippen LogP contribution in [0.15, 0.2) is 5.16 Å². The van der Waals surface area contributed by atoms with Crippen LogP contribution in [-0.2, 0) is 22.5 Å². The number of ether oxygens (including phenoxy) is 2. The molecule has 154 valence electrons. The first-order valence-electron chi connectivity index (χ1n) is 10.2. The molecule has 2 aliphatic rings. The molecule has 0 saturated carbocycles. The molecule has 0 spiro atoms. The molecule has 0 aliphatic carbocycles. The Bertz CT molecular complexity index is 818. The number of nitrogens with zero attached hydrogens (tertiary/aromatic N) is 3. The highest BCUT2D eigenvalue weighted by Gasteiger charge is 2.31. The zero-order valence-corrected chi connectivity index (χ0v) is 18.7. The summed E-state index contributed by atoms with van der Waals surface area (Å²) >= 11 is 3.47. The van der Waals surface area contributed by atoms with Gasteiger partial charge in [0.05, 0.1) is 30.8 Å². The van der Waals surface area contributed by atoms with Crippen molar-refractivity contribution in [3.63, 3.8) is 0 Å². The molecule has 0 unspecified atom stereocenters. The molecule has 6 nitrogen and oxygen atoms in total. The maximum Gasteiger partial charge on any atom is 0.190 e. The number of fused-ring (bicyclic) bond motifs is 3. The maximum absolute atomic E-state index is 6.03.